The molecule has 0 spiro atoms. The number of rotatable bonds is 3. The smallest absolute Gasteiger partial charge is 0.117 e. The molecule has 0 fully saturated rings. The number of aliphatic hydroxyl groups is 1. The molecule has 0 atom stereocenters. The first-order valence-electron chi connectivity index (χ1n) is 7.71. The molecular formula is C19H21N3O. The molecule has 1 heterocycles. The van der Waals surface area contributed by atoms with Gasteiger partial charge in [0.1, 0.15) is 11.4 Å². The van der Waals surface area contributed by atoms with Gasteiger partial charge >= 0.3 is 0 Å². The van der Waals surface area contributed by atoms with E-state index < -0.39 is 0 Å². The normalized spacial score (nSPS) is 11.0. The average Bonchev–Trinajstić information content (AvgIpc) is 2.93. The van der Waals surface area contributed by atoms with Gasteiger partial charge in [0.25, 0.3) is 0 Å². The van der Waals surface area contributed by atoms with Crippen LogP contribution in [-0.2, 0) is 6.61 Å². The number of nitrogens with zero attached hydrogens (tertiary/aromatic N) is 3. The monoisotopic (exact) mass is 307 g/mol. The summed E-state index contributed by atoms with van der Waals surface area (Å²) < 4.78 is 1.82. The number of aryl methyl sites for hydroxylation is 4. The summed E-state index contributed by atoms with van der Waals surface area (Å²) in [5, 5.41) is 18.1. The lowest BCUT2D eigenvalue weighted by atomic mass is 10.0. The van der Waals surface area contributed by atoms with E-state index in [2.05, 4.69) is 74.4 Å². The molecule has 0 aliphatic rings. The first kappa shape index (κ1) is 15.4. The Balaban J connectivity index is 2.23. The second-order valence-electron chi connectivity index (χ2n) is 6.10. The molecular weight excluding hydrogens is 286 g/mol. The Hall–Kier alpha value is -2.46. The highest BCUT2D eigenvalue weighted by molar-refractivity contribution is 5.66. The third kappa shape index (κ3) is 2.90. The summed E-state index contributed by atoms with van der Waals surface area (Å²) in [4.78, 5) is 0. The van der Waals surface area contributed by atoms with Crippen molar-refractivity contribution >= 4 is 0 Å². The first-order chi connectivity index (χ1) is 11.0. The van der Waals surface area contributed by atoms with Crippen molar-refractivity contribution in [1.29, 1.82) is 0 Å². The van der Waals surface area contributed by atoms with Crippen LogP contribution in [-0.4, -0.2) is 20.1 Å². The van der Waals surface area contributed by atoms with Gasteiger partial charge in [-0.2, -0.15) is 0 Å². The number of hydrogen-bond acceptors (Lipinski definition) is 3. The fraction of sp³-hybridized carbons (Fsp3) is 0.263. The molecule has 2 aromatic carbocycles. The van der Waals surface area contributed by atoms with Crippen molar-refractivity contribution in [3.63, 3.8) is 0 Å². The van der Waals surface area contributed by atoms with E-state index in [0.29, 0.717) is 5.69 Å². The van der Waals surface area contributed by atoms with Gasteiger partial charge in [-0.1, -0.05) is 23.4 Å². The maximum atomic E-state index is 9.66. The molecule has 3 aromatic rings. The predicted molar refractivity (Wildman–Crippen MR) is 91.7 cm³/mol. The highest BCUT2D eigenvalue weighted by Crippen LogP contribution is 2.27. The van der Waals surface area contributed by atoms with Crippen LogP contribution in [0.3, 0.4) is 0 Å². The van der Waals surface area contributed by atoms with E-state index in [1.54, 1.807) is 0 Å². The zero-order chi connectivity index (χ0) is 16.6. The fourth-order valence-electron chi connectivity index (χ4n) is 2.85. The Kier molecular flexibility index (Phi) is 4.01. The van der Waals surface area contributed by atoms with Crippen LogP contribution in [0.5, 0.6) is 0 Å². The second-order valence-corrected chi connectivity index (χ2v) is 6.10. The van der Waals surface area contributed by atoms with Crippen LogP contribution >= 0.6 is 0 Å². The Morgan fingerprint density at radius 1 is 0.913 bits per heavy atom. The largest absolute Gasteiger partial charge is 0.390 e. The van der Waals surface area contributed by atoms with Crippen molar-refractivity contribution in [3.05, 3.63) is 64.3 Å². The van der Waals surface area contributed by atoms with Crippen LogP contribution in [0.2, 0.25) is 0 Å². The number of aliphatic hydroxyl groups excluding tert-OH is 1. The van der Waals surface area contributed by atoms with Crippen LogP contribution < -0.4 is 0 Å². The van der Waals surface area contributed by atoms with Crippen LogP contribution in [0.4, 0.5) is 0 Å². The van der Waals surface area contributed by atoms with Crippen LogP contribution in [0.15, 0.2) is 36.4 Å². The van der Waals surface area contributed by atoms with Gasteiger partial charge in [-0.15, -0.1) is 5.10 Å². The molecule has 4 heteroatoms. The Bertz CT molecular complexity index is 845. The summed E-state index contributed by atoms with van der Waals surface area (Å²) in [6.07, 6.45) is 0. The van der Waals surface area contributed by atoms with Gasteiger partial charge < -0.3 is 5.11 Å². The quantitative estimate of drug-likeness (QED) is 0.803. The van der Waals surface area contributed by atoms with Crippen LogP contribution in [0.25, 0.3) is 16.9 Å². The molecule has 0 radical (unpaired) electrons. The molecule has 0 aliphatic carbocycles. The summed E-state index contributed by atoms with van der Waals surface area (Å²) >= 11 is 0. The predicted octanol–water partition coefficient (Wildman–Crippen LogP) is 3.66. The van der Waals surface area contributed by atoms with Gasteiger partial charge in [0, 0.05) is 5.56 Å². The molecule has 0 saturated carbocycles. The third-order valence-corrected chi connectivity index (χ3v) is 4.12. The van der Waals surface area contributed by atoms with E-state index in [9.17, 15) is 5.11 Å². The highest BCUT2D eigenvalue weighted by atomic mass is 16.3. The van der Waals surface area contributed by atoms with E-state index in [4.69, 9.17) is 0 Å². The molecule has 3 rings (SSSR count). The van der Waals surface area contributed by atoms with E-state index in [1.165, 1.54) is 22.3 Å². The van der Waals surface area contributed by atoms with E-state index >= 15 is 0 Å². The molecule has 0 unspecified atom stereocenters. The molecule has 0 amide bonds. The Morgan fingerprint density at radius 3 is 2.22 bits per heavy atom. The number of hydrogen-bond donors (Lipinski definition) is 1. The van der Waals surface area contributed by atoms with E-state index in [0.717, 1.165) is 16.9 Å². The van der Waals surface area contributed by atoms with Gasteiger partial charge in [0.05, 0.1) is 12.3 Å². The Morgan fingerprint density at radius 2 is 1.61 bits per heavy atom. The molecule has 0 saturated heterocycles. The molecule has 4 nitrogen and oxygen atoms in total. The van der Waals surface area contributed by atoms with Gasteiger partial charge in [-0.25, -0.2) is 4.68 Å². The molecule has 118 valence electrons. The lowest BCUT2D eigenvalue weighted by molar-refractivity contribution is 0.277. The summed E-state index contributed by atoms with van der Waals surface area (Å²) in [7, 11) is 0. The standard InChI is InChI=1S/C19H21N3O/c1-12-7-13(2)9-17(8-12)22-19(18(11-23)20-21-22)16-6-5-14(3)15(4)10-16/h5-10,23H,11H2,1-4H3. The van der Waals surface area contributed by atoms with Crippen molar-refractivity contribution in [2.75, 3.05) is 0 Å². The molecule has 1 aromatic heterocycles. The third-order valence-electron chi connectivity index (χ3n) is 4.12. The lowest BCUT2D eigenvalue weighted by Crippen LogP contribution is -2.02. The minimum Gasteiger partial charge on any atom is -0.390 e. The van der Waals surface area contributed by atoms with Crippen LogP contribution in [0.1, 0.15) is 27.9 Å². The maximum Gasteiger partial charge on any atom is 0.117 e. The minimum atomic E-state index is -0.132. The van der Waals surface area contributed by atoms with Gasteiger partial charge in [-0.05, 0) is 68.1 Å². The summed E-state index contributed by atoms with van der Waals surface area (Å²) in [6.45, 7) is 8.17. The van der Waals surface area contributed by atoms with E-state index in [1.807, 2.05) is 4.68 Å². The molecule has 0 aliphatic heterocycles. The lowest BCUT2D eigenvalue weighted by Gasteiger charge is -2.11. The van der Waals surface area contributed by atoms with Gasteiger partial charge in [0.2, 0.25) is 0 Å². The molecule has 23 heavy (non-hydrogen) atoms. The summed E-state index contributed by atoms with van der Waals surface area (Å²) in [5.41, 5.74) is 8.21. The van der Waals surface area contributed by atoms with Crippen molar-refractivity contribution in [2.24, 2.45) is 0 Å². The first-order valence-corrected chi connectivity index (χ1v) is 7.71. The summed E-state index contributed by atoms with van der Waals surface area (Å²) in [6, 6.07) is 12.5. The zero-order valence-corrected chi connectivity index (χ0v) is 14.0. The van der Waals surface area contributed by atoms with Crippen LogP contribution in [0, 0.1) is 27.7 Å². The summed E-state index contributed by atoms with van der Waals surface area (Å²) in [5.74, 6) is 0. The van der Waals surface area contributed by atoms with E-state index in [-0.39, 0.29) is 6.61 Å². The van der Waals surface area contributed by atoms with Crippen molar-refractivity contribution < 1.29 is 5.11 Å². The zero-order valence-electron chi connectivity index (χ0n) is 14.0. The average molecular weight is 307 g/mol. The minimum absolute atomic E-state index is 0.132. The molecule has 1 N–H and O–H groups in total. The SMILES string of the molecule is Cc1cc(C)cc(-n2nnc(CO)c2-c2ccc(C)c(C)c2)c1. The molecule has 0 bridgehead atoms. The number of aromatic nitrogens is 3. The van der Waals surface area contributed by atoms with Gasteiger partial charge in [-0.3, -0.25) is 0 Å². The van der Waals surface area contributed by atoms with Crippen molar-refractivity contribution in [1.82, 2.24) is 15.0 Å². The highest BCUT2D eigenvalue weighted by Gasteiger charge is 2.16. The van der Waals surface area contributed by atoms with Crippen molar-refractivity contribution in [2.45, 2.75) is 34.3 Å². The van der Waals surface area contributed by atoms with Crippen molar-refractivity contribution in [3.8, 4) is 16.9 Å². The van der Waals surface area contributed by atoms with Gasteiger partial charge in [0.15, 0.2) is 0 Å². The maximum absolute atomic E-state index is 9.66. The number of benzene rings is 2. The fourth-order valence-corrected chi connectivity index (χ4v) is 2.85. The topological polar surface area (TPSA) is 50.9 Å². The Labute approximate surface area is 136 Å². The second kappa shape index (κ2) is 5.97.